The fourth-order valence-electron chi connectivity index (χ4n) is 5.09. The van der Waals surface area contributed by atoms with Crippen LogP contribution in [0.4, 0.5) is 11.4 Å². The van der Waals surface area contributed by atoms with Gasteiger partial charge in [-0.2, -0.15) is 0 Å². The van der Waals surface area contributed by atoms with Crippen LogP contribution in [0.3, 0.4) is 0 Å². The molecule has 2 saturated heterocycles. The topological polar surface area (TPSA) is 84.0 Å². The molecule has 7 nitrogen and oxygen atoms in total. The zero-order chi connectivity index (χ0) is 24.0. The summed E-state index contributed by atoms with van der Waals surface area (Å²) in [6.45, 7) is 0.115. The molecule has 0 radical (unpaired) electrons. The summed E-state index contributed by atoms with van der Waals surface area (Å²) in [5, 5.41) is 0.792. The van der Waals surface area contributed by atoms with Crippen molar-refractivity contribution in [2.24, 2.45) is 17.8 Å². The molecule has 3 fully saturated rings. The predicted molar refractivity (Wildman–Crippen MR) is 127 cm³/mol. The lowest BCUT2D eigenvalue weighted by Crippen LogP contribution is -2.31. The summed E-state index contributed by atoms with van der Waals surface area (Å²) in [4.78, 5) is 53.8. The minimum Gasteiger partial charge on any atom is -0.426 e. The van der Waals surface area contributed by atoms with Crippen molar-refractivity contribution in [3.63, 3.8) is 0 Å². The first-order valence-electron chi connectivity index (χ1n) is 11.3. The van der Waals surface area contributed by atoms with Gasteiger partial charge in [-0.1, -0.05) is 42.1 Å². The number of ether oxygens (including phenoxy) is 1. The molecule has 1 aliphatic carbocycles. The van der Waals surface area contributed by atoms with Gasteiger partial charge in [0.05, 0.1) is 34.2 Å². The van der Waals surface area contributed by atoms with E-state index in [0.717, 1.165) is 25.7 Å². The lowest BCUT2D eigenvalue weighted by Gasteiger charge is -2.19. The van der Waals surface area contributed by atoms with E-state index in [4.69, 9.17) is 27.9 Å². The van der Waals surface area contributed by atoms with Gasteiger partial charge in [0.1, 0.15) is 5.75 Å². The SMILES string of the molecule is O=C(Oc1cccc(N2C(=O)[C@@H]3CCCC[C@H]3C2=O)c1)[C@H]1CC(=O)N(c2cc(Cl)ccc2Cl)C1. The summed E-state index contributed by atoms with van der Waals surface area (Å²) in [5.41, 5.74) is 0.841. The Balaban J connectivity index is 1.30. The monoisotopic (exact) mass is 500 g/mol. The van der Waals surface area contributed by atoms with Crippen LogP contribution in [-0.4, -0.2) is 30.2 Å². The van der Waals surface area contributed by atoms with Gasteiger partial charge in [-0.3, -0.25) is 19.2 Å². The van der Waals surface area contributed by atoms with Gasteiger partial charge >= 0.3 is 5.97 Å². The molecule has 1 saturated carbocycles. The molecule has 9 heteroatoms. The zero-order valence-corrected chi connectivity index (χ0v) is 19.7. The maximum Gasteiger partial charge on any atom is 0.316 e. The Kier molecular flexibility index (Phi) is 6.08. The fourth-order valence-corrected chi connectivity index (χ4v) is 5.48. The summed E-state index contributed by atoms with van der Waals surface area (Å²) >= 11 is 12.3. The largest absolute Gasteiger partial charge is 0.426 e. The first kappa shape index (κ1) is 22.9. The molecule has 3 atom stereocenters. The van der Waals surface area contributed by atoms with Crippen molar-refractivity contribution in [1.82, 2.24) is 0 Å². The highest BCUT2D eigenvalue weighted by molar-refractivity contribution is 6.36. The molecule has 176 valence electrons. The van der Waals surface area contributed by atoms with Gasteiger partial charge in [0.2, 0.25) is 17.7 Å². The summed E-state index contributed by atoms with van der Waals surface area (Å²) in [7, 11) is 0. The maximum atomic E-state index is 12.9. The second kappa shape index (κ2) is 9.04. The lowest BCUT2D eigenvalue weighted by molar-refractivity contribution is -0.139. The Morgan fingerprint density at radius 1 is 0.941 bits per heavy atom. The van der Waals surface area contributed by atoms with Crippen LogP contribution < -0.4 is 14.5 Å². The molecular formula is C25H22Cl2N2O5. The number of carbonyl (C=O) groups is 4. The van der Waals surface area contributed by atoms with Crippen molar-refractivity contribution < 1.29 is 23.9 Å². The highest BCUT2D eigenvalue weighted by Gasteiger charge is 2.48. The molecule has 5 rings (SSSR count). The molecule has 2 aliphatic heterocycles. The number of hydrogen-bond acceptors (Lipinski definition) is 5. The number of nitrogens with zero attached hydrogens (tertiary/aromatic N) is 2. The van der Waals surface area contributed by atoms with Crippen molar-refractivity contribution in [1.29, 1.82) is 0 Å². The van der Waals surface area contributed by atoms with Gasteiger partial charge in [0, 0.05) is 24.1 Å². The first-order valence-corrected chi connectivity index (χ1v) is 12.0. The number of amides is 3. The second-order valence-corrected chi connectivity index (χ2v) is 9.77. The molecule has 0 spiro atoms. The van der Waals surface area contributed by atoms with Crippen LogP contribution in [0.5, 0.6) is 5.75 Å². The number of imide groups is 1. The number of rotatable bonds is 4. The van der Waals surface area contributed by atoms with E-state index in [9.17, 15) is 19.2 Å². The quantitative estimate of drug-likeness (QED) is 0.347. The molecule has 0 N–H and O–H groups in total. The Hall–Kier alpha value is -2.90. The Labute approximate surface area is 206 Å². The van der Waals surface area contributed by atoms with Gasteiger partial charge in [-0.15, -0.1) is 0 Å². The van der Waals surface area contributed by atoms with Gasteiger partial charge in [0.25, 0.3) is 0 Å². The van der Waals surface area contributed by atoms with Gasteiger partial charge in [-0.05, 0) is 43.2 Å². The predicted octanol–water partition coefficient (Wildman–Crippen LogP) is 4.63. The summed E-state index contributed by atoms with van der Waals surface area (Å²) in [6.07, 6.45) is 3.33. The van der Waals surface area contributed by atoms with Gasteiger partial charge < -0.3 is 9.64 Å². The second-order valence-electron chi connectivity index (χ2n) is 8.93. The number of hydrogen-bond donors (Lipinski definition) is 0. The summed E-state index contributed by atoms with van der Waals surface area (Å²) in [5.74, 6) is -2.20. The maximum absolute atomic E-state index is 12.9. The highest BCUT2D eigenvalue weighted by Crippen LogP contribution is 2.41. The molecule has 0 bridgehead atoms. The molecular weight excluding hydrogens is 479 g/mol. The van der Waals surface area contributed by atoms with Gasteiger partial charge in [0.15, 0.2) is 0 Å². The van der Waals surface area contributed by atoms with Crippen LogP contribution in [0.15, 0.2) is 42.5 Å². The van der Waals surface area contributed by atoms with E-state index >= 15 is 0 Å². The van der Waals surface area contributed by atoms with Crippen LogP contribution in [-0.2, 0) is 19.2 Å². The zero-order valence-electron chi connectivity index (χ0n) is 18.2. The van der Waals surface area contributed by atoms with Crippen molar-refractivity contribution >= 4 is 58.3 Å². The van der Waals surface area contributed by atoms with Crippen LogP contribution in [0, 0.1) is 17.8 Å². The number of halogens is 2. The number of fused-ring (bicyclic) bond motifs is 1. The van der Waals surface area contributed by atoms with Gasteiger partial charge in [-0.25, -0.2) is 4.90 Å². The van der Waals surface area contributed by atoms with E-state index in [-0.39, 0.29) is 48.3 Å². The Bertz CT molecular complexity index is 1180. The fraction of sp³-hybridized carbons (Fsp3) is 0.360. The molecule has 0 unspecified atom stereocenters. The molecule has 2 heterocycles. The highest BCUT2D eigenvalue weighted by atomic mass is 35.5. The van der Waals surface area contributed by atoms with E-state index in [1.165, 1.54) is 15.9 Å². The molecule has 3 amide bonds. The van der Waals surface area contributed by atoms with Crippen molar-refractivity contribution in [3.05, 3.63) is 52.5 Å². The third kappa shape index (κ3) is 4.07. The van der Waals surface area contributed by atoms with Crippen LogP contribution in [0.2, 0.25) is 10.0 Å². The Morgan fingerprint density at radius 3 is 2.35 bits per heavy atom. The molecule has 0 aromatic heterocycles. The van der Waals surface area contributed by atoms with Crippen LogP contribution in [0.1, 0.15) is 32.1 Å². The number of esters is 1. The normalized spacial score (nSPS) is 24.5. The van der Waals surface area contributed by atoms with E-state index in [1.807, 2.05) is 0 Å². The van der Waals surface area contributed by atoms with Crippen molar-refractivity contribution in [2.45, 2.75) is 32.1 Å². The molecule has 34 heavy (non-hydrogen) atoms. The average Bonchev–Trinajstić information content (AvgIpc) is 3.33. The third-order valence-electron chi connectivity index (χ3n) is 6.79. The van der Waals surface area contributed by atoms with E-state index in [1.54, 1.807) is 36.4 Å². The average molecular weight is 501 g/mol. The first-order chi connectivity index (χ1) is 16.3. The smallest absolute Gasteiger partial charge is 0.316 e. The molecule has 3 aliphatic rings. The third-order valence-corrected chi connectivity index (χ3v) is 7.35. The van der Waals surface area contributed by atoms with Crippen LogP contribution >= 0.6 is 23.2 Å². The molecule has 2 aromatic rings. The van der Waals surface area contributed by atoms with E-state index in [2.05, 4.69) is 0 Å². The van der Waals surface area contributed by atoms with Crippen molar-refractivity contribution in [2.75, 3.05) is 16.3 Å². The summed E-state index contributed by atoms with van der Waals surface area (Å²) in [6, 6.07) is 11.2. The van der Waals surface area contributed by atoms with E-state index in [0.29, 0.717) is 21.4 Å². The minimum absolute atomic E-state index is 0.0200. The molecule has 2 aromatic carbocycles. The van der Waals surface area contributed by atoms with Crippen molar-refractivity contribution in [3.8, 4) is 5.75 Å². The number of anilines is 2. The standard InChI is InChI=1S/C25H22Cl2N2O5/c26-15-8-9-20(27)21(11-15)28-13-14(10-22(28)30)25(33)34-17-5-3-4-16(12-17)29-23(31)18-6-1-2-7-19(18)24(29)32/h3-5,8-9,11-12,14,18-19H,1-2,6-7,10,13H2/t14-,18+,19+/m0/s1. The lowest BCUT2D eigenvalue weighted by atomic mass is 9.81. The Morgan fingerprint density at radius 2 is 1.65 bits per heavy atom. The number of carbonyl (C=O) groups excluding carboxylic acids is 4. The minimum atomic E-state index is -0.691. The summed E-state index contributed by atoms with van der Waals surface area (Å²) < 4.78 is 5.55. The van der Waals surface area contributed by atoms with E-state index < -0.39 is 11.9 Å². The van der Waals surface area contributed by atoms with Crippen LogP contribution in [0.25, 0.3) is 0 Å². The number of benzene rings is 2.